The Balaban J connectivity index is 2.03. The van der Waals surface area contributed by atoms with Gasteiger partial charge >= 0.3 is 11.7 Å². The van der Waals surface area contributed by atoms with Crippen molar-refractivity contribution >= 4 is 33.7 Å². The van der Waals surface area contributed by atoms with Crippen molar-refractivity contribution in [2.24, 2.45) is 10.4 Å². The number of aromatic nitrogens is 2. The van der Waals surface area contributed by atoms with Gasteiger partial charge in [0, 0.05) is 19.4 Å². The molecular formula is C23H33N3O5S. The Bertz CT molecular complexity index is 1160. The lowest BCUT2D eigenvalue weighted by Gasteiger charge is -2.43. The SMILES string of the molecule is COCCn1c(=O)n(C2CC(C)(C)C2)c(=O)c2c(C)c(C=NCC(=O)OC(C)(C)C)sc21. The molecule has 0 aliphatic heterocycles. The van der Waals surface area contributed by atoms with E-state index >= 15 is 0 Å². The number of methoxy groups -OCH3 is 1. The number of fused-ring (bicyclic) bond motifs is 1. The molecule has 0 saturated heterocycles. The zero-order chi connectivity index (χ0) is 23.8. The van der Waals surface area contributed by atoms with Crippen LogP contribution in [0.4, 0.5) is 0 Å². The van der Waals surface area contributed by atoms with E-state index in [4.69, 9.17) is 9.47 Å². The number of hydrogen-bond acceptors (Lipinski definition) is 7. The van der Waals surface area contributed by atoms with Crippen LogP contribution in [0.15, 0.2) is 14.6 Å². The molecule has 0 bridgehead atoms. The molecule has 2 aromatic heterocycles. The van der Waals surface area contributed by atoms with Gasteiger partial charge in [-0.15, -0.1) is 11.3 Å². The minimum atomic E-state index is -0.571. The second kappa shape index (κ2) is 8.94. The van der Waals surface area contributed by atoms with Gasteiger partial charge in [0.25, 0.3) is 5.56 Å². The van der Waals surface area contributed by atoms with E-state index in [1.807, 2.05) is 6.92 Å². The minimum Gasteiger partial charge on any atom is -0.459 e. The van der Waals surface area contributed by atoms with Crippen molar-refractivity contribution in [3.05, 3.63) is 31.3 Å². The maximum Gasteiger partial charge on any atom is 0.332 e. The maximum atomic E-state index is 13.4. The highest BCUT2D eigenvalue weighted by atomic mass is 32.1. The molecule has 0 N–H and O–H groups in total. The van der Waals surface area contributed by atoms with Crippen molar-refractivity contribution < 1.29 is 14.3 Å². The number of nitrogens with zero attached hydrogens (tertiary/aromatic N) is 3. The molecule has 32 heavy (non-hydrogen) atoms. The average molecular weight is 464 g/mol. The van der Waals surface area contributed by atoms with E-state index in [1.165, 1.54) is 15.9 Å². The van der Waals surface area contributed by atoms with Crippen LogP contribution in [-0.2, 0) is 20.8 Å². The summed E-state index contributed by atoms with van der Waals surface area (Å²) in [5.74, 6) is -0.417. The highest BCUT2D eigenvalue weighted by Gasteiger charge is 2.39. The number of hydrogen-bond donors (Lipinski definition) is 0. The standard InChI is InChI=1S/C23H33N3O5S/c1-14-16(12-24-13-17(27)31-22(2,3)4)32-20-18(14)19(28)26(15-10-23(5,6)11-15)21(29)25(20)8-9-30-7/h12,15H,8-11,13H2,1-7H3. The quantitative estimate of drug-likeness (QED) is 0.464. The summed E-state index contributed by atoms with van der Waals surface area (Å²) in [4.78, 5) is 44.2. The van der Waals surface area contributed by atoms with Crippen LogP contribution < -0.4 is 11.2 Å². The highest BCUT2D eigenvalue weighted by molar-refractivity contribution is 7.20. The molecule has 2 aromatic rings. The molecule has 1 saturated carbocycles. The molecule has 1 aliphatic rings. The lowest BCUT2D eigenvalue weighted by atomic mass is 9.68. The topological polar surface area (TPSA) is 91.9 Å². The summed E-state index contributed by atoms with van der Waals surface area (Å²) in [6.45, 7) is 12.2. The van der Waals surface area contributed by atoms with Crippen LogP contribution in [0.2, 0.25) is 0 Å². The van der Waals surface area contributed by atoms with E-state index < -0.39 is 11.6 Å². The maximum absolute atomic E-state index is 13.4. The van der Waals surface area contributed by atoms with Crippen LogP contribution in [0.3, 0.4) is 0 Å². The third kappa shape index (κ3) is 5.04. The van der Waals surface area contributed by atoms with Crippen molar-refractivity contribution in [1.82, 2.24) is 9.13 Å². The van der Waals surface area contributed by atoms with Gasteiger partial charge in [0.1, 0.15) is 17.0 Å². The molecule has 0 amide bonds. The summed E-state index contributed by atoms with van der Waals surface area (Å²) < 4.78 is 13.5. The fraction of sp³-hybridized carbons (Fsp3) is 0.652. The Morgan fingerprint density at radius 2 is 1.94 bits per heavy atom. The second-order valence-electron chi connectivity index (χ2n) is 10.2. The van der Waals surface area contributed by atoms with Gasteiger partial charge in [0.05, 0.1) is 23.4 Å². The molecule has 176 valence electrons. The Kier molecular flexibility index (Phi) is 6.81. The Morgan fingerprint density at radius 3 is 2.50 bits per heavy atom. The first-order valence-corrected chi connectivity index (χ1v) is 11.7. The predicted octanol–water partition coefficient (Wildman–Crippen LogP) is 3.30. The zero-order valence-corrected chi connectivity index (χ0v) is 20.8. The number of aliphatic imine (C=N–C) groups is 1. The fourth-order valence-corrected chi connectivity index (χ4v) is 5.39. The van der Waals surface area contributed by atoms with Crippen molar-refractivity contribution in [3.63, 3.8) is 0 Å². The Labute approximate surface area is 191 Å². The van der Waals surface area contributed by atoms with Gasteiger partial charge in [0.2, 0.25) is 0 Å². The molecule has 3 rings (SSSR count). The molecule has 0 radical (unpaired) electrons. The third-order valence-corrected chi connectivity index (χ3v) is 6.84. The van der Waals surface area contributed by atoms with Crippen molar-refractivity contribution in [1.29, 1.82) is 0 Å². The summed E-state index contributed by atoms with van der Waals surface area (Å²) >= 11 is 1.33. The first-order chi connectivity index (χ1) is 14.8. The van der Waals surface area contributed by atoms with Gasteiger partial charge in [-0.25, -0.2) is 4.79 Å². The van der Waals surface area contributed by atoms with Gasteiger partial charge in [-0.05, 0) is 51.5 Å². The average Bonchev–Trinajstić information content (AvgIpc) is 2.95. The number of rotatable bonds is 7. The summed E-state index contributed by atoms with van der Waals surface area (Å²) in [5.41, 5.74) is -0.218. The molecular weight excluding hydrogens is 430 g/mol. The molecule has 0 spiro atoms. The second-order valence-corrected chi connectivity index (χ2v) is 11.2. The van der Waals surface area contributed by atoms with E-state index in [0.29, 0.717) is 23.4 Å². The molecule has 0 aromatic carbocycles. The normalized spacial score (nSPS) is 16.6. The van der Waals surface area contributed by atoms with Crippen LogP contribution in [-0.4, -0.2) is 47.2 Å². The van der Waals surface area contributed by atoms with Gasteiger partial charge in [-0.2, -0.15) is 0 Å². The first-order valence-electron chi connectivity index (χ1n) is 10.8. The van der Waals surface area contributed by atoms with Crippen LogP contribution in [0, 0.1) is 12.3 Å². The summed E-state index contributed by atoms with van der Waals surface area (Å²) in [6.07, 6.45) is 3.18. The van der Waals surface area contributed by atoms with Gasteiger partial charge < -0.3 is 9.47 Å². The number of carbonyl (C=O) groups excluding carboxylic acids is 1. The predicted molar refractivity (Wildman–Crippen MR) is 127 cm³/mol. The number of aryl methyl sites for hydroxylation is 1. The largest absolute Gasteiger partial charge is 0.459 e. The van der Waals surface area contributed by atoms with Crippen LogP contribution in [0.25, 0.3) is 10.2 Å². The van der Waals surface area contributed by atoms with Crippen molar-refractivity contribution in [2.75, 3.05) is 20.3 Å². The fourth-order valence-electron chi connectivity index (χ4n) is 4.18. The highest BCUT2D eigenvalue weighted by Crippen LogP contribution is 2.46. The summed E-state index contributed by atoms with van der Waals surface area (Å²) in [6, 6.07) is -0.0909. The molecule has 1 fully saturated rings. The van der Waals surface area contributed by atoms with Crippen molar-refractivity contribution in [2.45, 2.75) is 72.6 Å². The van der Waals surface area contributed by atoms with E-state index in [-0.39, 0.29) is 29.3 Å². The van der Waals surface area contributed by atoms with E-state index in [2.05, 4.69) is 18.8 Å². The van der Waals surface area contributed by atoms with Crippen LogP contribution in [0.5, 0.6) is 0 Å². The smallest absolute Gasteiger partial charge is 0.332 e. The van der Waals surface area contributed by atoms with Gasteiger partial charge in [-0.1, -0.05) is 13.8 Å². The van der Waals surface area contributed by atoms with Gasteiger partial charge in [-0.3, -0.25) is 23.7 Å². The minimum absolute atomic E-state index is 0.0909. The molecule has 8 nitrogen and oxygen atoms in total. The molecule has 2 heterocycles. The lowest BCUT2D eigenvalue weighted by Crippen LogP contribution is -2.48. The number of carbonyl (C=O) groups is 1. The number of esters is 1. The van der Waals surface area contributed by atoms with Crippen LogP contribution in [0.1, 0.15) is 63.9 Å². The summed E-state index contributed by atoms with van der Waals surface area (Å²) in [5, 5.41) is 0.536. The molecule has 0 atom stereocenters. The Morgan fingerprint density at radius 1 is 1.28 bits per heavy atom. The third-order valence-electron chi connectivity index (χ3n) is 5.59. The first kappa shape index (κ1) is 24.4. The van der Waals surface area contributed by atoms with E-state index in [9.17, 15) is 14.4 Å². The number of thiophene rings is 1. The molecule has 1 aliphatic carbocycles. The van der Waals surface area contributed by atoms with Crippen molar-refractivity contribution in [3.8, 4) is 0 Å². The monoisotopic (exact) mass is 463 g/mol. The number of ether oxygens (including phenoxy) is 2. The van der Waals surface area contributed by atoms with Crippen LogP contribution >= 0.6 is 11.3 Å². The summed E-state index contributed by atoms with van der Waals surface area (Å²) in [7, 11) is 1.58. The Hall–Kier alpha value is -2.26. The lowest BCUT2D eigenvalue weighted by molar-refractivity contribution is -0.152. The van der Waals surface area contributed by atoms with Gasteiger partial charge in [0.15, 0.2) is 0 Å². The molecule has 0 unspecified atom stereocenters. The van der Waals surface area contributed by atoms with E-state index in [0.717, 1.165) is 23.3 Å². The van der Waals surface area contributed by atoms with E-state index in [1.54, 1.807) is 38.7 Å². The molecule has 9 heteroatoms. The zero-order valence-electron chi connectivity index (χ0n) is 20.0.